The predicted molar refractivity (Wildman–Crippen MR) is 158 cm³/mol. The lowest BCUT2D eigenvalue weighted by Gasteiger charge is -2.31. The second kappa shape index (κ2) is 12.5. The molecule has 0 unspecified atom stereocenters. The number of nitrogens with two attached hydrogens (primary N) is 1. The van der Waals surface area contributed by atoms with E-state index in [0.29, 0.717) is 42.9 Å². The molecule has 0 spiro atoms. The van der Waals surface area contributed by atoms with Gasteiger partial charge in [0.1, 0.15) is 5.75 Å². The molecule has 2 saturated carbocycles. The van der Waals surface area contributed by atoms with Gasteiger partial charge in [-0.1, -0.05) is 12.8 Å². The molecule has 41 heavy (non-hydrogen) atoms. The molecule has 6 rings (SSSR count). The van der Waals surface area contributed by atoms with E-state index in [0.717, 1.165) is 74.1 Å². The Morgan fingerprint density at radius 1 is 0.927 bits per heavy atom. The second-order valence-corrected chi connectivity index (χ2v) is 11.5. The number of carbonyl (C=O) groups is 1. The number of rotatable bonds is 8. The molecule has 220 valence electrons. The molecule has 0 atom stereocenters. The Balaban J connectivity index is 1.10. The summed E-state index contributed by atoms with van der Waals surface area (Å²) in [5.41, 5.74) is 8.48. The van der Waals surface area contributed by atoms with Crippen LogP contribution in [0.3, 0.4) is 0 Å². The molecule has 12 nitrogen and oxygen atoms in total. The maximum absolute atomic E-state index is 12.4. The van der Waals surface area contributed by atoms with Gasteiger partial charge in [-0.3, -0.25) is 5.32 Å². The van der Waals surface area contributed by atoms with Crippen LogP contribution in [0.2, 0.25) is 0 Å². The van der Waals surface area contributed by atoms with Crippen molar-refractivity contribution in [1.29, 1.82) is 0 Å². The second-order valence-electron chi connectivity index (χ2n) is 11.5. The van der Waals surface area contributed by atoms with Crippen LogP contribution in [0.4, 0.5) is 22.2 Å². The highest BCUT2D eigenvalue weighted by Gasteiger charge is 2.27. The van der Waals surface area contributed by atoms with Crippen LogP contribution in [0.5, 0.6) is 5.75 Å². The highest BCUT2D eigenvalue weighted by atomic mass is 16.7. The zero-order valence-corrected chi connectivity index (χ0v) is 23.7. The van der Waals surface area contributed by atoms with Gasteiger partial charge in [-0.05, 0) is 75.6 Å². The van der Waals surface area contributed by atoms with Crippen molar-refractivity contribution in [2.24, 2.45) is 5.73 Å². The normalized spacial score (nSPS) is 22.5. The number of methoxy groups -OCH3 is 1. The summed E-state index contributed by atoms with van der Waals surface area (Å²) in [6.07, 6.45) is 11.9. The zero-order chi connectivity index (χ0) is 28.2. The molecule has 0 bridgehead atoms. The third-order valence-electron chi connectivity index (χ3n) is 8.59. The molecule has 5 N–H and O–H groups in total. The van der Waals surface area contributed by atoms with Crippen LogP contribution in [-0.2, 0) is 4.84 Å². The van der Waals surface area contributed by atoms with Gasteiger partial charge in [-0.2, -0.15) is 9.97 Å². The number of nitrogens with one attached hydrogen (secondary N) is 3. The molecule has 1 amide bonds. The number of amides is 1. The quantitative estimate of drug-likeness (QED) is 0.305. The monoisotopic (exact) mass is 563 g/mol. The minimum absolute atomic E-state index is 0.176. The van der Waals surface area contributed by atoms with Gasteiger partial charge < -0.3 is 30.5 Å². The van der Waals surface area contributed by atoms with Crippen molar-refractivity contribution >= 4 is 34.7 Å². The number of ether oxygens (including phenoxy) is 1. The summed E-state index contributed by atoms with van der Waals surface area (Å²) in [6.45, 7) is 1.23. The summed E-state index contributed by atoms with van der Waals surface area (Å²) in [7, 11) is 1.61. The number of anilines is 3. The van der Waals surface area contributed by atoms with E-state index >= 15 is 0 Å². The van der Waals surface area contributed by atoms with Gasteiger partial charge in [-0.15, -0.1) is 5.06 Å². The third-order valence-corrected chi connectivity index (χ3v) is 8.59. The molecule has 3 fully saturated rings. The van der Waals surface area contributed by atoms with Crippen molar-refractivity contribution in [2.75, 3.05) is 36.1 Å². The first-order valence-electron chi connectivity index (χ1n) is 14.9. The van der Waals surface area contributed by atoms with Crippen LogP contribution in [0.25, 0.3) is 11.2 Å². The Labute approximate surface area is 240 Å². The summed E-state index contributed by atoms with van der Waals surface area (Å²) in [5.74, 6) is 2.14. The molecule has 1 aliphatic heterocycles. The largest absolute Gasteiger partial charge is 0.497 e. The first-order chi connectivity index (χ1) is 20.0. The molecule has 3 heterocycles. The molecular weight excluding hydrogens is 522 g/mol. The SMILES string of the molecule is COc1ccc(NC(=O)ON2CCC(Nc3nc(N[C@H]4CC[C@H](N)CC4)nc4c3ncn4C3CCCC3)CC2)cc1. The van der Waals surface area contributed by atoms with E-state index in [-0.39, 0.29) is 6.04 Å². The van der Waals surface area contributed by atoms with E-state index in [2.05, 4.69) is 20.5 Å². The van der Waals surface area contributed by atoms with Gasteiger partial charge in [0.15, 0.2) is 17.0 Å². The number of hydroxylamine groups is 2. The fourth-order valence-corrected chi connectivity index (χ4v) is 6.19. The van der Waals surface area contributed by atoms with Crippen molar-refractivity contribution in [3.63, 3.8) is 0 Å². The highest BCUT2D eigenvalue weighted by Crippen LogP contribution is 2.34. The van der Waals surface area contributed by atoms with Crippen LogP contribution in [0.1, 0.15) is 70.3 Å². The van der Waals surface area contributed by atoms with E-state index in [4.69, 9.17) is 30.3 Å². The Hall–Kier alpha value is -3.64. The smallest absolute Gasteiger partial charge is 0.430 e. The molecule has 0 radical (unpaired) electrons. The van der Waals surface area contributed by atoms with E-state index in [1.165, 1.54) is 12.8 Å². The Bertz CT molecular complexity index is 1310. The number of hydrogen-bond acceptors (Lipinski definition) is 10. The lowest BCUT2D eigenvalue weighted by atomic mass is 9.92. The van der Waals surface area contributed by atoms with Crippen LogP contribution >= 0.6 is 0 Å². The fourth-order valence-electron chi connectivity index (χ4n) is 6.19. The number of nitrogens with zero attached hydrogens (tertiary/aromatic N) is 5. The molecule has 3 aromatic rings. The summed E-state index contributed by atoms with van der Waals surface area (Å²) in [5, 5.41) is 11.7. The van der Waals surface area contributed by atoms with Crippen molar-refractivity contribution in [3.05, 3.63) is 30.6 Å². The van der Waals surface area contributed by atoms with Crippen molar-refractivity contribution in [3.8, 4) is 5.75 Å². The zero-order valence-electron chi connectivity index (χ0n) is 23.7. The van der Waals surface area contributed by atoms with Crippen molar-refractivity contribution in [2.45, 2.75) is 88.4 Å². The van der Waals surface area contributed by atoms with Gasteiger partial charge in [0.05, 0.1) is 13.4 Å². The molecule has 1 aromatic carbocycles. The number of piperidine rings is 1. The predicted octanol–water partition coefficient (Wildman–Crippen LogP) is 4.67. The lowest BCUT2D eigenvalue weighted by Crippen LogP contribution is -2.41. The van der Waals surface area contributed by atoms with Crippen molar-refractivity contribution in [1.82, 2.24) is 24.6 Å². The van der Waals surface area contributed by atoms with E-state index in [1.807, 2.05) is 6.33 Å². The van der Waals surface area contributed by atoms with Gasteiger partial charge in [0.25, 0.3) is 0 Å². The van der Waals surface area contributed by atoms with Gasteiger partial charge in [-0.25, -0.2) is 9.78 Å². The highest BCUT2D eigenvalue weighted by molar-refractivity contribution is 5.85. The molecule has 3 aliphatic rings. The first kappa shape index (κ1) is 27.5. The fraction of sp³-hybridized carbons (Fsp3) is 0.586. The minimum atomic E-state index is -0.504. The summed E-state index contributed by atoms with van der Waals surface area (Å²) in [4.78, 5) is 32.6. The standard InChI is InChI=1S/C29H41N9O3/c1-40-24-12-10-21(11-13-24)34-29(39)41-37-16-14-22(15-17-37)32-26-25-27(38(18-31-25)23-4-2-3-5-23)36-28(35-26)33-20-8-6-19(30)7-9-20/h10-13,18-20,22-23H,2-9,14-17,30H2,1H3,(H,34,39)(H2,32,33,35,36)/t19-,20-. The Kier molecular flexibility index (Phi) is 8.38. The van der Waals surface area contributed by atoms with Crippen LogP contribution in [-0.4, -0.2) is 69.0 Å². The molecule has 1 saturated heterocycles. The number of aromatic nitrogens is 4. The first-order valence-corrected chi connectivity index (χ1v) is 14.9. The third kappa shape index (κ3) is 6.65. The molecular formula is C29H41N9O3. The maximum Gasteiger partial charge on any atom is 0.430 e. The molecule has 2 aliphatic carbocycles. The Morgan fingerprint density at radius 3 is 2.34 bits per heavy atom. The maximum atomic E-state index is 12.4. The van der Waals surface area contributed by atoms with Crippen LogP contribution in [0.15, 0.2) is 30.6 Å². The van der Waals surface area contributed by atoms with Gasteiger partial charge in [0.2, 0.25) is 5.95 Å². The van der Waals surface area contributed by atoms with E-state index in [9.17, 15) is 4.79 Å². The topological polar surface area (TPSA) is 144 Å². The lowest BCUT2D eigenvalue weighted by molar-refractivity contribution is -0.106. The van der Waals surface area contributed by atoms with Crippen molar-refractivity contribution < 1.29 is 14.4 Å². The molecule has 12 heteroatoms. The summed E-state index contributed by atoms with van der Waals surface area (Å²) < 4.78 is 7.41. The minimum Gasteiger partial charge on any atom is -0.497 e. The van der Waals surface area contributed by atoms with Gasteiger partial charge >= 0.3 is 6.09 Å². The molecule has 2 aromatic heterocycles. The van der Waals surface area contributed by atoms with Crippen LogP contribution < -0.4 is 26.4 Å². The van der Waals surface area contributed by atoms with E-state index in [1.54, 1.807) is 36.4 Å². The summed E-state index contributed by atoms with van der Waals surface area (Å²) >= 11 is 0. The van der Waals surface area contributed by atoms with E-state index < -0.39 is 6.09 Å². The summed E-state index contributed by atoms with van der Waals surface area (Å²) in [6, 6.07) is 8.37. The number of imidazole rings is 1. The number of fused-ring (bicyclic) bond motifs is 1. The average Bonchev–Trinajstić information content (AvgIpc) is 3.66. The Morgan fingerprint density at radius 2 is 1.63 bits per heavy atom. The van der Waals surface area contributed by atoms with Crippen LogP contribution in [0, 0.1) is 0 Å². The average molecular weight is 564 g/mol. The van der Waals surface area contributed by atoms with Gasteiger partial charge in [0, 0.05) is 42.9 Å². The number of carbonyl (C=O) groups excluding carboxylic acids is 1. The number of hydrogen-bond donors (Lipinski definition) is 4. The number of benzene rings is 1.